The fraction of sp³-hybridized carbons (Fsp3) is 0.533. The van der Waals surface area contributed by atoms with E-state index in [9.17, 15) is 18.0 Å². The highest BCUT2D eigenvalue weighted by Gasteiger charge is 2.32. The quantitative estimate of drug-likeness (QED) is 0.933. The van der Waals surface area contributed by atoms with Gasteiger partial charge in [-0.2, -0.15) is 0 Å². The number of rotatable bonds is 3. The van der Waals surface area contributed by atoms with Crippen LogP contribution in [-0.2, 0) is 0 Å². The van der Waals surface area contributed by atoms with Crippen LogP contribution < -0.4 is 10.5 Å². The number of carbonyl (C=O) groups is 1. The van der Waals surface area contributed by atoms with E-state index in [1.807, 2.05) is 0 Å². The van der Waals surface area contributed by atoms with Crippen molar-refractivity contribution >= 4 is 5.91 Å². The molecule has 122 valence electrons. The van der Waals surface area contributed by atoms with E-state index in [4.69, 9.17) is 5.73 Å². The largest absolute Gasteiger partial charge is 0.573 e. The van der Waals surface area contributed by atoms with Crippen molar-refractivity contribution in [3.8, 4) is 5.75 Å². The molecule has 1 aliphatic rings. The van der Waals surface area contributed by atoms with Gasteiger partial charge in [0.2, 0.25) is 0 Å². The first-order chi connectivity index (χ1) is 10.3. The number of halogens is 3. The molecule has 0 saturated carbocycles. The standard InChI is InChI=1S/C15H19F3N2O2/c1-10-5-6-20(12(7-10)9-19)14(21)11-3-2-4-13(8-11)22-15(16,17)18/h2-4,8,10,12H,5-7,9,19H2,1H3. The van der Waals surface area contributed by atoms with Crippen LogP contribution in [0.5, 0.6) is 5.75 Å². The summed E-state index contributed by atoms with van der Waals surface area (Å²) < 4.78 is 40.6. The van der Waals surface area contributed by atoms with Crippen LogP contribution in [-0.4, -0.2) is 36.3 Å². The normalized spacial score (nSPS) is 22.5. The molecule has 1 saturated heterocycles. The molecule has 2 unspecified atom stereocenters. The highest BCUT2D eigenvalue weighted by molar-refractivity contribution is 5.94. The van der Waals surface area contributed by atoms with Gasteiger partial charge in [-0.1, -0.05) is 13.0 Å². The van der Waals surface area contributed by atoms with E-state index in [2.05, 4.69) is 11.7 Å². The average molecular weight is 316 g/mol. The van der Waals surface area contributed by atoms with Crippen LogP contribution >= 0.6 is 0 Å². The van der Waals surface area contributed by atoms with Crippen molar-refractivity contribution in [2.75, 3.05) is 13.1 Å². The van der Waals surface area contributed by atoms with Crippen LogP contribution in [0, 0.1) is 5.92 Å². The predicted octanol–water partition coefficient (Wildman–Crippen LogP) is 2.78. The van der Waals surface area contributed by atoms with Crippen molar-refractivity contribution in [1.82, 2.24) is 4.90 Å². The monoisotopic (exact) mass is 316 g/mol. The molecule has 1 aliphatic heterocycles. The topological polar surface area (TPSA) is 55.6 Å². The summed E-state index contributed by atoms with van der Waals surface area (Å²) >= 11 is 0. The lowest BCUT2D eigenvalue weighted by atomic mass is 9.92. The van der Waals surface area contributed by atoms with Crippen molar-refractivity contribution in [3.63, 3.8) is 0 Å². The molecular formula is C15H19F3N2O2. The molecule has 0 bridgehead atoms. The maximum absolute atomic E-state index is 12.5. The Labute approximate surface area is 127 Å². The second-order valence-corrected chi connectivity index (χ2v) is 5.59. The summed E-state index contributed by atoms with van der Waals surface area (Å²) in [4.78, 5) is 14.2. The molecule has 7 heteroatoms. The molecule has 1 aromatic carbocycles. The van der Waals surface area contributed by atoms with Crippen molar-refractivity contribution in [2.24, 2.45) is 11.7 Å². The van der Waals surface area contributed by atoms with Crippen molar-refractivity contribution in [3.05, 3.63) is 29.8 Å². The second-order valence-electron chi connectivity index (χ2n) is 5.59. The SMILES string of the molecule is CC1CCN(C(=O)c2cccc(OC(F)(F)F)c2)C(CN)C1. The minimum Gasteiger partial charge on any atom is -0.406 e. The molecule has 1 aromatic rings. The number of nitrogens with two attached hydrogens (primary N) is 1. The zero-order valence-electron chi connectivity index (χ0n) is 12.3. The molecule has 1 amide bonds. The molecule has 0 radical (unpaired) electrons. The van der Waals surface area contributed by atoms with Crippen LogP contribution in [0.1, 0.15) is 30.1 Å². The minimum absolute atomic E-state index is 0.0801. The summed E-state index contributed by atoms with van der Waals surface area (Å²) in [7, 11) is 0. The molecule has 22 heavy (non-hydrogen) atoms. The fourth-order valence-electron chi connectivity index (χ4n) is 2.73. The summed E-state index contributed by atoms with van der Waals surface area (Å²) in [6.07, 6.45) is -3.11. The maximum atomic E-state index is 12.5. The van der Waals surface area contributed by atoms with Crippen LogP contribution in [0.4, 0.5) is 13.2 Å². The predicted molar refractivity (Wildman–Crippen MR) is 75.4 cm³/mol. The zero-order valence-corrected chi connectivity index (χ0v) is 12.3. The second kappa shape index (κ2) is 6.56. The zero-order chi connectivity index (χ0) is 16.3. The summed E-state index contributed by atoms with van der Waals surface area (Å²) in [6, 6.07) is 5.06. The number of hydrogen-bond acceptors (Lipinski definition) is 3. The summed E-state index contributed by atoms with van der Waals surface area (Å²) in [5.74, 6) is -0.222. The first-order valence-corrected chi connectivity index (χ1v) is 7.17. The number of likely N-dealkylation sites (tertiary alicyclic amines) is 1. The lowest BCUT2D eigenvalue weighted by molar-refractivity contribution is -0.274. The number of benzene rings is 1. The molecule has 2 atom stereocenters. The van der Waals surface area contributed by atoms with Gasteiger partial charge in [0.15, 0.2) is 0 Å². The molecule has 1 fully saturated rings. The summed E-state index contributed by atoms with van der Waals surface area (Å²) in [5.41, 5.74) is 5.89. The van der Waals surface area contributed by atoms with Crippen LogP contribution in [0.15, 0.2) is 24.3 Å². The Bertz CT molecular complexity index is 534. The van der Waals surface area contributed by atoms with E-state index < -0.39 is 12.1 Å². The Morgan fingerprint density at radius 3 is 2.82 bits per heavy atom. The Morgan fingerprint density at radius 2 is 2.18 bits per heavy atom. The summed E-state index contributed by atoms with van der Waals surface area (Å²) in [6.45, 7) is 3.00. The van der Waals surface area contributed by atoms with E-state index in [-0.39, 0.29) is 17.5 Å². The molecule has 1 heterocycles. The Balaban J connectivity index is 2.16. The third-order valence-corrected chi connectivity index (χ3v) is 3.83. The Kier molecular flexibility index (Phi) is 4.95. The third kappa shape index (κ3) is 4.13. The van der Waals surface area contributed by atoms with Gasteiger partial charge in [-0.25, -0.2) is 0 Å². The van der Waals surface area contributed by atoms with Gasteiger partial charge in [-0.3, -0.25) is 4.79 Å². The Morgan fingerprint density at radius 1 is 1.45 bits per heavy atom. The molecular weight excluding hydrogens is 297 g/mol. The van der Waals surface area contributed by atoms with Gasteiger partial charge in [-0.05, 0) is 37.0 Å². The van der Waals surface area contributed by atoms with Crippen LogP contribution in [0.2, 0.25) is 0 Å². The van der Waals surface area contributed by atoms with Gasteiger partial charge in [-0.15, -0.1) is 13.2 Å². The van der Waals surface area contributed by atoms with Gasteiger partial charge < -0.3 is 15.4 Å². The fourth-order valence-corrected chi connectivity index (χ4v) is 2.73. The van der Waals surface area contributed by atoms with Crippen LogP contribution in [0.3, 0.4) is 0 Å². The molecule has 0 aromatic heterocycles. The van der Waals surface area contributed by atoms with Gasteiger partial charge in [0.05, 0.1) is 0 Å². The smallest absolute Gasteiger partial charge is 0.406 e. The minimum atomic E-state index is -4.78. The third-order valence-electron chi connectivity index (χ3n) is 3.83. The van der Waals surface area contributed by atoms with E-state index in [1.165, 1.54) is 18.2 Å². The molecule has 2 N–H and O–H groups in total. The van der Waals surface area contributed by atoms with E-state index >= 15 is 0 Å². The molecule has 2 rings (SSSR count). The van der Waals surface area contributed by atoms with Gasteiger partial charge in [0.1, 0.15) is 5.75 Å². The average Bonchev–Trinajstić information content (AvgIpc) is 2.45. The van der Waals surface area contributed by atoms with Crippen molar-refractivity contribution in [2.45, 2.75) is 32.2 Å². The Hall–Kier alpha value is -1.76. The lowest BCUT2D eigenvalue weighted by Crippen LogP contribution is -2.49. The number of alkyl halides is 3. The first-order valence-electron chi connectivity index (χ1n) is 7.17. The lowest BCUT2D eigenvalue weighted by Gasteiger charge is -2.38. The van der Waals surface area contributed by atoms with Crippen molar-refractivity contribution in [1.29, 1.82) is 0 Å². The first kappa shape index (κ1) is 16.6. The van der Waals surface area contributed by atoms with Gasteiger partial charge in [0, 0.05) is 24.7 Å². The molecule has 0 spiro atoms. The van der Waals surface area contributed by atoms with Gasteiger partial charge >= 0.3 is 6.36 Å². The number of carbonyl (C=O) groups excluding carboxylic acids is 1. The summed E-state index contributed by atoms with van der Waals surface area (Å²) in [5, 5.41) is 0. The van der Waals surface area contributed by atoms with E-state index in [0.29, 0.717) is 19.0 Å². The number of piperidine rings is 1. The number of nitrogens with zero attached hydrogens (tertiary/aromatic N) is 1. The highest BCUT2D eigenvalue weighted by atomic mass is 19.4. The van der Waals surface area contributed by atoms with Crippen LogP contribution in [0.25, 0.3) is 0 Å². The number of ether oxygens (including phenoxy) is 1. The van der Waals surface area contributed by atoms with E-state index in [1.54, 1.807) is 4.90 Å². The molecule has 0 aliphatic carbocycles. The molecule has 4 nitrogen and oxygen atoms in total. The maximum Gasteiger partial charge on any atom is 0.573 e. The highest BCUT2D eigenvalue weighted by Crippen LogP contribution is 2.26. The number of hydrogen-bond donors (Lipinski definition) is 1. The van der Waals surface area contributed by atoms with Gasteiger partial charge in [0.25, 0.3) is 5.91 Å². The van der Waals surface area contributed by atoms with E-state index in [0.717, 1.165) is 18.9 Å². The number of amides is 1. The van der Waals surface area contributed by atoms with Crippen molar-refractivity contribution < 1.29 is 22.7 Å².